The second-order valence-electron chi connectivity index (χ2n) is 3.89. The van der Waals surface area contributed by atoms with Crippen molar-refractivity contribution in [3.05, 3.63) is 30.7 Å². The molecule has 1 radical (unpaired) electrons. The molecular formula is C13H18NO2. The third kappa shape index (κ3) is 3.57. The Balaban J connectivity index is 2.54. The number of nitrogens with one attached hydrogen (secondary N) is 1. The number of anilines is 1. The molecule has 0 aliphatic rings. The summed E-state index contributed by atoms with van der Waals surface area (Å²) >= 11 is 0. The Morgan fingerprint density at radius 2 is 2.19 bits per heavy atom. The van der Waals surface area contributed by atoms with E-state index in [4.69, 9.17) is 0 Å². The highest BCUT2D eigenvalue weighted by Crippen LogP contribution is 2.22. The van der Waals surface area contributed by atoms with E-state index in [0.717, 1.165) is 12.8 Å². The average molecular weight is 220 g/mol. The molecule has 0 aliphatic carbocycles. The van der Waals surface area contributed by atoms with Gasteiger partial charge >= 0.3 is 0 Å². The third-order valence-electron chi connectivity index (χ3n) is 2.50. The Kier molecular flexibility index (Phi) is 4.83. The molecule has 1 atom stereocenters. The molecule has 3 nitrogen and oxygen atoms in total. The minimum absolute atomic E-state index is 0.0455. The summed E-state index contributed by atoms with van der Waals surface area (Å²) in [7, 11) is 0. The monoisotopic (exact) mass is 220 g/mol. The van der Waals surface area contributed by atoms with Crippen LogP contribution >= 0.6 is 0 Å². The van der Waals surface area contributed by atoms with E-state index in [9.17, 15) is 9.90 Å². The van der Waals surface area contributed by atoms with Crippen LogP contribution in [0.3, 0.4) is 0 Å². The lowest BCUT2D eigenvalue weighted by Gasteiger charge is -2.12. The predicted octanol–water partition coefficient (Wildman–Crippen LogP) is 2.97. The number of unbranched alkanes of at least 4 members (excludes halogenated alkanes) is 1. The molecule has 1 rings (SSSR count). The average Bonchev–Trinajstić information content (AvgIpc) is 2.28. The van der Waals surface area contributed by atoms with Crippen molar-refractivity contribution in [2.75, 3.05) is 5.32 Å². The maximum absolute atomic E-state index is 11.7. The first kappa shape index (κ1) is 12.6. The number of benzene rings is 1. The molecule has 16 heavy (non-hydrogen) atoms. The summed E-state index contributed by atoms with van der Waals surface area (Å²) in [4.78, 5) is 11.7. The molecule has 0 aliphatic heterocycles. The van der Waals surface area contributed by atoms with Crippen LogP contribution in [-0.4, -0.2) is 11.0 Å². The Morgan fingerprint density at radius 3 is 2.81 bits per heavy atom. The van der Waals surface area contributed by atoms with Crippen LogP contribution in [0, 0.1) is 12.3 Å². The van der Waals surface area contributed by atoms with Gasteiger partial charge in [0.1, 0.15) is 5.75 Å². The van der Waals surface area contributed by atoms with Gasteiger partial charge < -0.3 is 10.4 Å². The standard InChI is InChI=1S/C13H18NO2/c1-3-4-7-10(2)13(16)14-11-8-5-6-9-12(11)15/h3,5-6,8-10,15H,4,7H2,1-2H3,(H,14,16). The Hall–Kier alpha value is -1.51. The number of aromatic hydroxyl groups is 1. The summed E-state index contributed by atoms with van der Waals surface area (Å²) in [5.41, 5.74) is 0.472. The molecule has 1 amide bonds. The zero-order valence-electron chi connectivity index (χ0n) is 9.73. The molecule has 1 aromatic rings. The van der Waals surface area contributed by atoms with Gasteiger partial charge in [-0.2, -0.15) is 0 Å². The number of rotatable bonds is 5. The Labute approximate surface area is 96.5 Å². The third-order valence-corrected chi connectivity index (χ3v) is 2.50. The van der Waals surface area contributed by atoms with E-state index < -0.39 is 0 Å². The quantitative estimate of drug-likeness (QED) is 0.749. The van der Waals surface area contributed by atoms with Gasteiger partial charge in [0, 0.05) is 5.92 Å². The van der Waals surface area contributed by atoms with Crippen LogP contribution in [0.15, 0.2) is 24.3 Å². The van der Waals surface area contributed by atoms with Gasteiger partial charge in [0.2, 0.25) is 5.91 Å². The normalized spacial score (nSPS) is 12.1. The van der Waals surface area contributed by atoms with Crippen molar-refractivity contribution in [1.29, 1.82) is 0 Å². The van der Waals surface area contributed by atoms with Gasteiger partial charge in [-0.05, 0) is 31.4 Å². The zero-order valence-corrected chi connectivity index (χ0v) is 9.73. The first-order valence-corrected chi connectivity index (χ1v) is 5.51. The van der Waals surface area contributed by atoms with Crippen LogP contribution in [-0.2, 0) is 4.79 Å². The summed E-state index contributed by atoms with van der Waals surface area (Å²) in [6.45, 7) is 3.87. The fourth-order valence-corrected chi connectivity index (χ4v) is 1.38. The van der Waals surface area contributed by atoms with Crippen LogP contribution in [0.1, 0.15) is 26.7 Å². The minimum Gasteiger partial charge on any atom is -0.506 e. The number of hydrogen-bond donors (Lipinski definition) is 2. The number of carbonyl (C=O) groups is 1. The summed E-state index contributed by atoms with van der Waals surface area (Å²) in [6.07, 6.45) is 3.80. The number of phenolic OH excluding ortho intramolecular Hbond substituents is 1. The first-order valence-electron chi connectivity index (χ1n) is 5.51. The van der Waals surface area contributed by atoms with E-state index in [0.29, 0.717) is 5.69 Å². The highest BCUT2D eigenvalue weighted by molar-refractivity contribution is 5.93. The van der Waals surface area contributed by atoms with E-state index in [1.54, 1.807) is 24.3 Å². The number of para-hydroxylation sites is 2. The number of hydrogen-bond acceptors (Lipinski definition) is 2. The molecule has 0 fully saturated rings. The molecule has 87 valence electrons. The lowest BCUT2D eigenvalue weighted by atomic mass is 10.0. The summed E-state index contributed by atoms with van der Waals surface area (Å²) in [5.74, 6) is 0.00394. The predicted molar refractivity (Wildman–Crippen MR) is 65.1 cm³/mol. The van der Waals surface area contributed by atoms with E-state index >= 15 is 0 Å². The number of carbonyl (C=O) groups excluding carboxylic acids is 1. The van der Waals surface area contributed by atoms with Crippen molar-refractivity contribution < 1.29 is 9.90 Å². The lowest BCUT2D eigenvalue weighted by Crippen LogP contribution is -2.20. The molecule has 3 heteroatoms. The first-order chi connectivity index (χ1) is 7.65. The van der Waals surface area contributed by atoms with Crippen molar-refractivity contribution in [1.82, 2.24) is 0 Å². The van der Waals surface area contributed by atoms with Crippen molar-refractivity contribution in [2.45, 2.75) is 26.7 Å². The topological polar surface area (TPSA) is 49.3 Å². The molecule has 0 aromatic heterocycles. The molecule has 1 aromatic carbocycles. The molecule has 0 spiro atoms. The lowest BCUT2D eigenvalue weighted by molar-refractivity contribution is -0.119. The Morgan fingerprint density at radius 1 is 1.50 bits per heavy atom. The fraction of sp³-hybridized carbons (Fsp3) is 0.385. The van der Waals surface area contributed by atoms with Crippen molar-refractivity contribution in [3.8, 4) is 5.75 Å². The second-order valence-corrected chi connectivity index (χ2v) is 3.89. The maximum atomic E-state index is 11.7. The van der Waals surface area contributed by atoms with E-state index in [2.05, 4.69) is 5.32 Å². The number of phenols is 1. The van der Waals surface area contributed by atoms with Gasteiger partial charge in [0.25, 0.3) is 0 Å². The van der Waals surface area contributed by atoms with Gasteiger partial charge in [-0.1, -0.05) is 26.0 Å². The van der Waals surface area contributed by atoms with Crippen LogP contribution < -0.4 is 5.32 Å². The highest BCUT2D eigenvalue weighted by Gasteiger charge is 2.13. The maximum Gasteiger partial charge on any atom is 0.227 e. The molecular weight excluding hydrogens is 202 g/mol. The summed E-state index contributed by atoms with van der Waals surface area (Å²) < 4.78 is 0. The molecule has 0 bridgehead atoms. The SMILES string of the molecule is C[CH]CCC(C)C(=O)Nc1ccccc1O. The largest absolute Gasteiger partial charge is 0.506 e. The van der Waals surface area contributed by atoms with Crippen molar-refractivity contribution in [3.63, 3.8) is 0 Å². The molecule has 0 saturated heterocycles. The van der Waals surface area contributed by atoms with E-state index in [1.165, 1.54) is 0 Å². The molecule has 0 heterocycles. The molecule has 0 saturated carbocycles. The van der Waals surface area contributed by atoms with Crippen molar-refractivity contribution >= 4 is 11.6 Å². The van der Waals surface area contributed by atoms with Gasteiger partial charge in [-0.3, -0.25) is 4.79 Å². The van der Waals surface area contributed by atoms with Gasteiger partial charge in [0.05, 0.1) is 5.69 Å². The minimum atomic E-state index is -0.0525. The van der Waals surface area contributed by atoms with Crippen LogP contribution in [0.5, 0.6) is 5.75 Å². The highest BCUT2D eigenvalue weighted by atomic mass is 16.3. The fourth-order valence-electron chi connectivity index (χ4n) is 1.38. The molecule has 2 N–H and O–H groups in total. The van der Waals surface area contributed by atoms with Crippen LogP contribution in [0.4, 0.5) is 5.69 Å². The summed E-state index contributed by atoms with van der Waals surface area (Å²) in [6, 6.07) is 6.74. The second kappa shape index (κ2) is 6.16. The van der Waals surface area contributed by atoms with Gasteiger partial charge in [-0.25, -0.2) is 0 Å². The van der Waals surface area contributed by atoms with E-state index in [1.807, 2.05) is 20.3 Å². The van der Waals surface area contributed by atoms with Gasteiger partial charge in [-0.15, -0.1) is 0 Å². The van der Waals surface area contributed by atoms with Crippen LogP contribution in [0.2, 0.25) is 0 Å². The van der Waals surface area contributed by atoms with Gasteiger partial charge in [0.15, 0.2) is 0 Å². The van der Waals surface area contributed by atoms with Crippen LogP contribution in [0.25, 0.3) is 0 Å². The van der Waals surface area contributed by atoms with Crippen molar-refractivity contribution in [2.24, 2.45) is 5.92 Å². The molecule has 1 unspecified atom stereocenters. The smallest absolute Gasteiger partial charge is 0.227 e. The Bertz CT molecular complexity index is 350. The van der Waals surface area contributed by atoms with E-state index in [-0.39, 0.29) is 17.6 Å². The summed E-state index contributed by atoms with van der Waals surface area (Å²) in [5, 5.41) is 12.2. The zero-order chi connectivity index (χ0) is 12.0. The number of amides is 1.